The van der Waals surface area contributed by atoms with Gasteiger partial charge in [-0.3, -0.25) is 19.2 Å². The van der Waals surface area contributed by atoms with Crippen molar-refractivity contribution in [1.82, 2.24) is 20.0 Å². The second-order valence-electron chi connectivity index (χ2n) is 7.91. The van der Waals surface area contributed by atoms with Gasteiger partial charge in [0.2, 0.25) is 0 Å². The molecule has 1 heterocycles. The van der Waals surface area contributed by atoms with E-state index in [1.165, 1.54) is 25.7 Å². The summed E-state index contributed by atoms with van der Waals surface area (Å²) in [4.78, 5) is 25.6. The van der Waals surface area contributed by atoms with Crippen LogP contribution < -0.4 is 5.32 Å². The third-order valence-corrected chi connectivity index (χ3v) is 5.64. The van der Waals surface area contributed by atoms with Gasteiger partial charge in [-0.1, -0.05) is 0 Å². The predicted molar refractivity (Wildman–Crippen MR) is 91.4 cm³/mol. The zero-order valence-corrected chi connectivity index (χ0v) is 14.6. The molecule has 7 heteroatoms. The fourth-order valence-electron chi connectivity index (χ4n) is 3.77. The number of aromatic nitrogens is 2. The van der Waals surface area contributed by atoms with Gasteiger partial charge < -0.3 is 10.4 Å². The third kappa shape index (κ3) is 3.86. The van der Waals surface area contributed by atoms with Crippen LogP contribution in [0.25, 0.3) is 0 Å². The zero-order valence-electron chi connectivity index (χ0n) is 14.6. The summed E-state index contributed by atoms with van der Waals surface area (Å²) in [5.74, 6) is 0.355. The van der Waals surface area contributed by atoms with Crippen LogP contribution in [-0.4, -0.2) is 56.8 Å². The molecule has 0 atom stereocenters. The molecular weight excluding hydrogens is 320 g/mol. The minimum Gasteiger partial charge on any atom is -0.480 e. The first-order chi connectivity index (χ1) is 12.0. The topological polar surface area (TPSA) is 87.5 Å². The molecule has 25 heavy (non-hydrogen) atoms. The molecule has 0 bridgehead atoms. The SMILES string of the molecule is Cn1nc(C(=O)NC2CC(N(CC(=O)O)CC3CC3)C2)cc1C1CC1. The first kappa shape index (κ1) is 16.6. The van der Waals surface area contributed by atoms with E-state index in [2.05, 4.69) is 15.3 Å². The van der Waals surface area contributed by atoms with Crippen LogP contribution in [0.3, 0.4) is 0 Å². The number of nitrogens with one attached hydrogen (secondary N) is 1. The molecule has 0 aliphatic heterocycles. The summed E-state index contributed by atoms with van der Waals surface area (Å²) in [7, 11) is 1.89. The molecule has 0 aromatic carbocycles. The number of amides is 1. The fraction of sp³-hybridized carbons (Fsp3) is 0.722. The Hall–Kier alpha value is -1.89. The lowest BCUT2D eigenvalue weighted by Gasteiger charge is -2.42. The Balaban J connectivity index is 1.28. The number of hydrogen-bond acceptors (Lipinski definition) is 4. The maximum Gasteiger partial charge on any atom is 0.317 e. The van der Waals surface area contributed by atoms with Crippen molar-refractivity contribution in [3.8, 4) is 0 Å². The lowest BCUT2D eigenvalue weighted by molar-refractivity contribution is -0.139. The van der Waals surface area contributed by atoms with E-state index in [0.29, 0.717) is 17.5 Å². The van der Waals surface area contributed by atoms with Crippen molar-refractivity contribution in [3.05, 3.63) is 17.5 Å². The number of carboxylic acids is 1. The molecule has 4 rings (SSSR count). The Bertz CT molecular complexity index is 672. The predicted octanol–water partition coefficient (Wildman–Crippen LogP) is 1.35. The van der Waals surface area contributed by atoms with E-state index in [4.69, 9.17) is 5.11 Å². The van der Waals surface area contributed by atoms with Gasteiger partial charge in [0.15, 0.2) is 0 Å². The molecule has 1 aromatic heterocycles. The van der Waals surface area contributed by atoms with Gasteiger partial charge >= 0.3 is 5.97 Å². The van der Waals surface area contributed by atoms with Crippen LogP contribution in [0.1, 0.15) is 60.6 Å². The largest absolute Gasteiger partial charge is 0.480 e. The number of hydrogen-bond donors (Lipinski definition) is 2. The molecule has 3 aliphatic rings. The molecule has 7 nitrogen and oxygen atoms in total. The lowest BCUT2D eigenvalue weighted by atomic mass is 9.85. The van der Waals surface area contributed by atoms with Gasteiger partial charge in [-0.25, -0.2) is 0 Å². The molecule has 0 saturated heterocycles. The molecule has 3 saturated carbocycles. The van der Waals surface area contributed by atoms with Crippen LogP contribution in [0.5, 0.6) is 0 Å². The van der Waals surface area contributed by atoms with Gasteiger partial charge in [-0.2, -0.15) is 5.10 Å². The van der Waals surface area contributed by atoms with Crippen LogP contribution in [0.15, 0.2) is 6.07 Å². The highest BCUT2D eigenvalue weighted by atomic mass is 16.4. The highest BCUT2D eigenvalue weighted by Gasteiger charge is 2.38. The van der Waals surface area contributed by atoms with E-state index < -0.39 is 5.97 Å². The van der Waals surface area contributed by atoms with E-state index in [1.807, 2.05) is 17.8 Å². The molecule has 2 N–H and O–H groups in total. The fourth-order valence-corrected chi connectivity index (χ4v) is 3.77. The number of carboxylic acid groups (broad SMARTS) is 1. The van der Waals surface area contributed by atoms with Crippen LogP contribution >= 0.6 is 0 Å². The molecule has 3 aliphatic carbocycles. The average Bonchev–Trinajstić information content (AvgIpc) is 3.41. The number of rotatable bonds is 8. The minimum absolute atomic E-state index is 0.104. The average molecular weight is 346 g/mol. The molecule has 0 spiro atoms. The Kier molecular flexibility index (Phi) is 4.27. The van der Waals surface area contributed by atoms with E-state index in [9.17, 15) is 9.59 Å². The summed E-state index contributed by atoms with van der Waals surface area (Å²) >= 11 is 0. The van der Waals surface area contributed by atoms with Crippen LogP contribution in [0.2, 0.25) is 0 Å². The Morgan fingerprint density at radius 1 is 1.32 bits per heavy atom. The van der Waals surface area contributed by atoms with Gasteiger partial charge in [0.1, 0.15) is 5.69 Å². The number of carbonyl (C=O) groups excluding carboxylic acids is 1. The van der Waals surface area contributed by atoms with Gasteiger partial charge in [0.25, 0.3) is 5.91 Å². The van der Waals surface area contributed by atoms with E-state index >= 15 is 0 Å². The molecular formula is C18H26N4O3. The smallest absolute Gasteiger partial charge is 0.317 e. The summed E-state index contributed by atoms with van der Waals surface area (Å²) in [5, 5.41) is 16.5. The third-order valence-electron chi connectivity index (χ3n) is 5.64. The second kappa shape index (κ2) is 6.44. The van der Waals surface area contributed by atoms with Crippen molar-refractivity contribution < 1.29 is 14.7 Å². The number of aliphatic carboxylic acids is 1. The first-order valence-corrected chi connectivity index (χ1v) is 9.30. The lowest BCUT2D eigenvalue weighted by Crippen LogP contribution is -2.55. The highest BCUT2D eigenvalue weighted by molar-refractivity contribution is 5.92. The monoisotopic (exact) mass is 346 g/mol. The van der Waals surface area contributed by atoms with Crippen molar-refractivity contribution in [2.75, 3.05) is 13.1 Å². The Labute approximate surface area is 147 Å². The molecule has 3 fully saturated rings. The van der Waals surface area contributed by atoms with Gasteiger partial charge in [0, 0.05) is 37.3 Å². The van der Waals surface area contributed by atoms with E-state index in [0.717, 1.165) is 25.1 Å². The Morgan fingerprint density at radius 3 is 2.64 bits per heavy atom. The summed E-state index contributed by atoms with van der Waals surface area (Å²) in [5.41, 5.74) is 1.64. The van der Waals surface area contributed by atoms with Gasteiger partial charge in [-0.15, -0.1) is 0 Å². The quantitative estimate of drug-likeness (QED) is 0.742. The molecule has 0 radical (unpaired) electrons. The number of aryl methyl sites for hydroxylation is 1. The first-order valence-electron chi connectivity index (χ1n) is 9.30. The van der Waals surface area contributed by atoms with Crippen molar-refractivity contribution >= 4 is 11.9 Å². The maximum absolute atomic E-state index is 12.4. The van der Waals surface area contributed by atoms with E-state index in [-0.39, 0.29) is 24.5 Å². The van der Waals surface area contributed by atoms with Crippen LogP contribution in [-0.2, 0) is 11.8 Å². The summed E-state index contributed by atoms with van der Waals surface area (Å²) in [6.45, 7) is 0.982. The molecule has 1 amide bonds. The summed E-state index contributed by atoms with van der Waals surface area (Å²) in [6, 6.07) is 2.31. The van der Waals surface area contributed by atoms with E-state index in [1.54, 1.807) is 0 Å². The zero-order chi connectivity index (χ0) is 17.6. The second-order valence-corrected chi connectivity index (χ2v) is 7.91. The van der Waals surface area contributed by atoms with Crippen molar-refractivity contribution in [2.45, 2.75) is 56.5 Å². The standard InChI is InChI=1S/C18H26N4O3/c1-21-16(12-4-5-12)8-15(20-21)18(25)19-13-6-14(7-13)22(10-17(23)24)9-11-2-3-11/h8,11-14H,2-7,9-10H2,1H3,(H,19,25)(H,23,24). The Morgan fingerprint density at radius 2 is 2.04 bits per heavy atom. The number of carbonyl (C=O) groups is 2. The van der Waals surface area contributed by atoms with Crippen LogP contribution in [0.4, 0.5) is 0 Å². The van der Waals surface area contributed by atoms with Gasteiger partial charge in [-0.05, 0) is 50.5 Å². The van der Waals surface area contributed by atoms with Crippen molar-refractivity contribution in [2.24, 2.45) is 13.0 Å². The normalized spacial score (nSPS) is 25.7. The molecule has 136 valence electrons. The molecule has 0 unspecified atom stereocenters. The molecule has 1 aromatic rings. The van der Waals surface area contributed by atoms with Crippen molar-refractivity contribution in [1.29, 1.82) is 0 Å². The van der Waals surface area contributed by atoms with Crippen LogP contribution in [0, 0.1) is 5.92 Å². The van der Waals surface area contributed by atoms with Gasteiger partial charge in [0.05, 0.1) is 6.54 Å². The minimum atomic E-state index is -0.769. The summed E-state index contributed by atoms with van der Waals surface area (Å²) < 4.78 is 1.82. The summed E-state index contributed by atoms with van der Waals surface area (Å²) in [6.07, 6.45) is 6.46. The maximum atomic E-state index is 12.4. The number of nitrogens with zero attached hydrogens (tertiary/aromatic N) is 3. The van der Waals surface area contributed by atoms with Crippen molar-refractivity contribution in [3.63, 3.8) is 0 Å². The highest BCUT2D eigenvalue weighted by Crippen LogP contribution is 2.40.